The molecule has 14 heavy (non-hydrogen) atoms. The van der Waals surface area contributed by atoms with Gasteiger partial charge in [-0.05, 0) is 24.7 Å². The predicted octanol–water partition coefficient (Wildman–Crippen LogP) is -2.48. The fourth-order valence-corrected chi connectivity index (χ4v) is 2.29. The van der Waals surface area contributed by atoms with Crippen molar-refractivity contribution in [3.05, 3.63) is 6.42 Å². The minimum Gasteiger partial charge on any atom is -1.00 e. The molecule has 2 rings (SSSR count). The molecule has 3 nitrogen and oxygen atoms in total. The Morgan fingerprint density at radius 1 is 1.50 bits per heavy atom. The molecule has 2 fully saturated rings. The number of ether oxygens (including phenoxy) is 1. The molecule has 2 bridgehead atoms. The van der Waals surface area contributed by atoms with Crippen LogP contribution in [0.5, 0.6) is 0 Å². The summed E-state index contributed by atoms with van der Waals surface area (Å²) in [5.41, 5.74) is 0. The molecule has 1 N–H and O–H groups in total. The molecule has 4 atom stereocenters. The zero-order chi connectivity index (χ0) is 8.72. The third-order valence-corrected chi connectivity index (χ3v) is 2.82. The summed E-state index contributed by atoms with van der Waals surface area (Å²) >= 11 is 0. The fraction of sp³-hybridized carbons (Fsp3) is 0.778. The Balaban J connectivity index is 0.000000845. The zero-order valence-electron chi connectivity index (χ0n) is 8.15. The third-order valence-electron chi connectivity index (χ3n) is 2.82. The van der Waals surface area contributed by atoms with Crippen molar-refractivity contribution in [1.82, 2.24) is 0 Å². The number of rotatable bonds is 1. The molecule has 2 aliphatic rings. The van der Waals surface area contributed by atoms with E-state index in [0.717, 1.165) is 12.8 Å². The molecule has 0 spiro atoms. The second kappa shape index (κ2) is 5.66. The summed E-state index contributed by atoms with van der Waals surface area (Å²) in [5, 5.41) is 9.40. The van der Waals surface area contributed by atoms with Crippen LogP contribution in [-0.2, 0) is 37.2 Å². The molecule has 0 aromatic rings. The van der Waals surface area contributed by atoms with Crippen molar-refractivity contribution in [3.63, 3.8) is 0 Å². The summed E-state index contributed by atoms with van der Waals surface area (Å²) in [5.74, 6) is 0.409. The number of esters is 1. The molecular formula is C9H13ClHgO3. The maximum Gasteiger partial charge on any atom is 1.00 e. The van der Waals surface area contributed by atoms with Gasteiger partial charge in [0.2, 0.25) is 0 Å². The summed E-state index contributed by atoms with van der Waals surface area (Å²) in [6.07, 6.45) is 3.52. The molecule has 2 aliphatic carbocycles. The van der Waals surface area contributed by atoms with E-state index in [0.29, 0.717) is 5.92 Å². The van der Waals surface area contributed by atoms with Crippen LogP contribution in [0.3, 0.4) is 0 Å². The average molecular weight is 405 g/mol. The first kappa shape index (κ1) is 14.7. The minimum absolute atomic E-state index is 0. The van der Waals surface area contributed by atoms with E-state index in [1.165, 1.54) is 6.92 Å². The maximum absolute atomic E-state index is 10.7. The Bertz CT molecular complexity index is 210. The van der Waals surface area contributed by atoms with E-state index >= 15 is 0 Å². The van der Waals surface area contributed by atoms with Crippen LogP contribution in [0.4, 0.5) is 0 Å². The summed E-state index contributed by atoms with van der Waals surface area (Å²) < 4.78 is 5.09. The smallest absolute Gasteiger partial charge is 1.00 e. The predicted molar refractivity (Wildman–Crippen MR) is 42.1 cm³/mol. The van der Waals surface area contributed by atoms with E-state index in [2.05, 4.69) is 0 Å². The van der Waals surface area contributed by atoms with E-state index in [1.807, 2.05) is 6.42 Å². The zero-order valence-corrected chi connectivity index (χ0v) is 14.4. The van der Waals surface area contributed by atoms with Crippen molar-refractivity contribution >= 4 is 5.97 Å². The van der Waals surface area contributed by atoms with Gasteiger partial charge in [0.05, 0.1) is 6.10 Å². The van der Waals surface area contributed by atoms with Crippen molar-refractivity contribution in [2.45, 2.75) is 32.0 Å². The molecule has 0 saturated heterocycles. The van der Waals surface area contributed by atoms with Gasteiger partial charge >= 0.3 is 33.6 Å². The number of carbonyl (C=O) groups is 1. The Morgan fingerprint density at radius 3 is 2.50 bits per heavy atom. The second-order valence-corrected chi connectivity index (χ2v) is 3.73. The number of hydrogen-bond donors (Lipinski definition) is 1. The van der Waals surface area contributed by atoms with E-state index in [9.17, 15) is 9.90 Å². The van der Waals surface area contributed by atoms with Gasteiger partial charge in [-0.15, -0.1) is 0 Å². The molecule has 0 aromatic carbocycles. The number of aliphatic hydroxyl groups excluding tert-OH is 1. The summed E-state index contributed by atoms with van der Waals surface area (Å²) in [4.78, 5) is 10.7. The second-order valence-electron chi connectivity index (χ2n) is 3.73. The van der Waals surface area contributed by atoms with Crippen LogP contribution in [0.15, 0.2) is 0 Å². The van der Waals surface area contributed by atoms with E-state index in [1.54, 1.807) is 0 Å². The van der Waals surface area contributed by atoms with Gasteiger partial charge in [-0.3, -0.25) is 4.79 Å². The standard InChI is InChI=1S/C9H13O3.ClH.Hg/c1-5(10)12-9-4-6-2-7(9)3-8(6)11;;/h4,6-9,11H,2-3H2,1H3;1H;/q;;+1/p-1/t6-,7-,8+,9+;;/m0../s1. The summed E-state index contributed by atoms with van der Waals surface area (Å²) in [6.45, 7) is 1.43. The van der Waals surface area contributed by atoms with Gasteiger partial charge in [-0.1, -0.05) is 0 Å². The Hall–Kier alpha value is 0.655. The van der Waals surface area contributed by atoms with E-state index in [-0.39, 0.29) is 64.2 Å². The Morgan fingerprint density at radius 2 is 2.14 bits per heavy atom. The van der Waals surface area contributed by atoms with Gasteiger partial charge in [0, 0.05) is 13.3 Å². The van der Waals surface area contributed by atoms with Crippen LogP contribution < -0.4 is 12.4 Å². The largest absolute Gasteiger partial charge is 1.00 e. The molecule has 5 heteroatoms. The fourth-order valence-electron chi connectivity index (χ4n) is 2.29. The first-order chi connectivity index (χ1) is 5.66. The van der Waals surface area contributed by atoms with Crippen molar-refractivity contribution in [2.24, 2.45) is 11.8 Å². The SMILES string of the molecule is CC(=O)O[C@@H]1[CH][C@@H]2C[C@H]1C[C@H]2O.[Cl-].[Hg+]. The number of hydrogen-bond acceptors (Lipinski definition) is 3. The maximum atomic E-state index is 10.7. The average Bonchev–Trinajstić information content (AvgIpc) is 2.44. The normalized spacial score (nSPS) is 38.4. The van der Waals surface area contributed by atoms with Crippen LogP contribution >= 0.6 is 0 Å². The van der Waals surface area contributed by atoms with Crippen LogP contribution in [-0.4, -0.2) is 23.3 Å². The van der Waals surface area contributed by atoms with Crippen molar-refractivity contribution in [1.29, 1.82) is 0 Å². The minimum atomic E-state index is -0.224. The quantitative estimate of drug-likeness (QED) is 0.389. The molecule has 0 amide bonds. The van der Waals surface area contributed by atoms with Gasteiger partial charge in [0.15, 0.2) is 0 Å². The monoisotopic (exact) mass is 406 g/mol. The van der Waals surface area contributed by atoms with Gasteiger partial charge in [-0.25, -0.2) is 0 Å². The molecular weight excluding hydrogens is 392 g/mol. The Labute approximate surface area is 111 Å². The first-order valence-corrected chi connectivity index (χ1v) is 4.37. The molecule has 0 aromatic heterocycles. The molecule has 76 valence electrons. The van der Waals surface area contributed by atoms with Crippen molar-refractivity contribution in [2.75, 3.05) is 0 Å². The molecule has 2 saturated carbocycles. The Kier molecular flexibility index (Phi) is 5.93. The van der Waals surface area contributed by atoms with Crippen LogP contribution in [0.25, 0.3) is 0 Å². The topological polar surface area (TPSA) is 46.5 Å². The van der Waals surface area contributed by atoms with Gasteiger partial charge in [-0.2, -0.15) is 0 Å². The molecule has 0 aliphatic heterocycles. The van der Waals surface area contributed by atoms with E-state index in [4.69, 9.17) is 4.74 Å². The van der Waals surface area contributed by atoms with E-state index < -0.39 is 0 Å². The van der Waals surface area contributed by atoms with Crippen LogP contribution in [0, 0.1) is 18.3 Å². The molecule has 0 heterocycles. The molecule has 0 unspecified atom stereocenters. The van der Waals surface area contributed by atoms with Gasteiger partial charge < -0.3 is 22.3 Å². The van der Waals surface area contributed by atoms with Gasteiger partial charge in [0.1, 0.15) is 6.10 Å². The summed E-state index contributed by atoms with van der Waals surface area (Å²) in [7, 11) is 0. The number of fused-ring (bicyclic) bond motifs is 2. The van der Waals surface area contributed by atoms with Crippen LogP contribution in [0.2, 0.25) is 0 Å². The first-order valence-electron chi connectivity index (χ1n) is 4.37. The number of carbonyl (C=O) groups excluding carboxylic acids is 1. The number of halogens is 1. The van der Waals surface area contributed by atoms with Gasteiger partial charge in [0.25, 0.3) is 0 Å². The third kappa shape index (κ3) is 2.83. The summed E-state index contributed by atoms with van der Waals surface area (Å²) in [6, 6.07) is 0. The molecule has 2 radical (unpaired) electrons. The van der Waals surface area contributed by atoms with Crippen molar-refractivity contribution in [3.8, 4) is 0 Å². The van der Waals surface area contributed by atoms with Crippen molar-refractivity contribution < 1.29 is 54.7 Å². The number of aliphatic hydroxyl groups is 1. The van der Waals surface area contributed by atoms with Crippen LogP contribution in [0.1, 0.15) is 19.8 Å².